The molecule has 2 unspecified atom stereocenters. The van der Waals surface area contributed by atoms with Crippen LogP contribution in [0.15, 0.2) is 0 Å². The molecule has 2 nitrogen and oxygen atoms in total. The number of hydrogen-bond acceptors (Lipinski definition) is 2. The Kier molecular flexibility index (Phi) is 4.87. The fourth-order valence-corrected chi connectivity index (χ4v) is 3.52. The molecule has 1 saturated heterocycles. The van der Waals surface area contributed by atoms with Crippen LogP contribution in [0.4, 0.5) is 0 Å². The largest absolute Gasteiger partial charge is 0.317 e. The Morgan fingerprint density at radius 2 is 1.82 bits per heavy atom. The van der Waals surface area contributed by atoms with Crippen molar-refractivity contribution in [2.24, 2.45) is 17.8 Å². The number of nitrogens with one attached hydrogen (secondary N) is 1. The standard InChI is InChI=1S/C15H30N2/c1-4-16-11-14-5-6-15(14)17-9-7-13(8-10-17)12(2)3/h12-16H,4-11H2,1-3H3. The summed E-state index contributed by atoms with van der Waals surface area (Å²) in [6.45, 7) is 12.1. The average Bonchev–Trinajstić information content (AvgIpc) is 2.29. The van der Waals surface area contributed by atoms with Gasteiger partial charge in [0.05, 0.1) is 0 Å². The maximum absolute atomic E-state index is 3.52. The predicted molar refractivity (Wildman–Crippen MR) is 74.2 cm³/mol. The van der Waals surface area contributed by atoms with Crippen molar-refractivity contribution in [2.45, 2.75) is 52.5 Å². The molecule has 1 saturated carbocycles. The third-order valence-corrected chi connectivity index (χ3v) is 5.02. The Morgan fingerprint density at radius 1 is 1.12 bits per heavy atom. The second-order valence-electron chi connectivity index (χ2n) is 6.33. The molecule has 100 valence electrons. The Hall–Kier alpha value is -0.0800. The predicted octanol–water partition coefficient (Wildman–Crippen LogP) is 2.74. The molecule has 0 aromatic carbocycles. The van der Waals surface area contributed by atoms with Crippen LogP contribution in [0.1, 0.15) is 46.5 Å². The monoisotopic (exact) mass is 238 g/mol. The quantitative estimate of drug-likeness (QED) is 0.792. The van der Waals surface area contributed by atoms with Crippen LogP contribution >= 0.6 is 0 Å². The molecule has 0 aromatic rings. The fraction of sp³-hybridized carbons (Fsp3) is 1.00. The van der Waals surface area contributed by atoms with E-state index in [1.54, 1.807) is 0 Å². The van der Waals surface area contributed by atoms with Crippen molar-refractivity contribution < 1.29 is 0 Å². The van der Waals surface area contributed by atoms with Gasteiger partial charge in [-0.05, 0) is 69.6 Å². The normalized spacial score (nSPS) is 31.8. The van der Waals surface area contributed by atoms with Crippen LogP contribution in [0.3, 0.4) is 0 Å². The van der Waals surface area contributed by atoms with Gasteiger partial charge in [-0.2, -0.15) is 0 Å². The zero-order chi connectivity index (χ0) is 12.3. The van der Waals surface area contributed by atoms with E-state index >= 15 is 0 Å². The van der Waals surface area contributed by atoms with Crippen molar-refractivity contribution in [2.75, 3.05) is 26.2 Å². The van der Waals surface area contributed by atoms with Crippen LogP contribution in [0.2, 0.25) is 0 Å². The van der Waals surface area contributed by atoms with Gasteiger partial charge in [0.1, 0.15) is 0 Å². The van der Waals surface area contributed by atoms with E-state index < -0.39 is 0 Å². The van der Waals surface area contributed by atoms with Gasteiger partial charge in [-0.1, -0.05) is 20.8 Å². The van der Waals surface area contributed by atoms with Crippen molar-refractivity contribution in [3.8, 4) is 0 Å². The molecule has 0 aromatic heterocycles. The van der Waals surface area contributed by atoms with Gasteiger partial charge in [0.15, 0.2) is 0 Å². The van der Waals surface area contributed by atoms with Gasteiger partial charge in [-0.15, -0.1) is 0 Å². The van der Waals surface area contributed by atoms with Gasteiger partial charge in [0.2, 0.25) is 0 Å². The number of likely N-dealkylation sites (tertiary alicyclic amines) is 1. The van der Waals surface area contributed by atoms with E-state index in [9.17, 15) is 0 Å². The van der Waals surface area contributed by atoms with E-state index in [0.29, 0.717) is 0 Å². The van der Waals surface area contributed by atoms with Gasteiger partial charge in [-0.3, -0.25) is 0 Å². The fourth-order valence-electron chi connectivity index (χ4n) is 3.52. The molecule has 2 fully saturated rings. The Labute approximate surface area is 107 Å². The summed E-state index contributed by atoms with van der Waals surface area (Å²) >= 11 is 0. The van der Waals surface area contributed by atoms with E-state index in [2.05, 4.69) is 31.0 Å². The molecule has 0 bridgehead atoms. The highest BCUT2D eigenvalue weighted by Crippen LogP contribution is 2.35. The first-order valence-corrected chi connectivity index (χ1v) is 7.67. The second-order valence-corrected chi connectivity index (χ2v) is 6.33. The molecule has 1 heterocycles. The van der Waals surface area contributed by atoms with E-state index in [0.717, 1.165) is 30.3 Å². The van der Waals surface area contributed by atoms with Crippen LogP contribution in [0, 0.1) is 17.8 Å². The summed E-state index contributed by atoms with van der Waals surface area (Å²) in [5.41, 5.74) is 0. The first-order valence-electron chi connectivity index (χ1n) is 7.67. The van der Waals surface area contributed by atoms with E-state index in [-0.39, 0.29) is 0 Å². The maximum Gasteiger partial charge on any atom is 0.0136 e. The van der Waals surface area contributed by atoms with Crippen molar-refractivity contribution in [3.63, 3.8) is 0 Å². The molecule has 0 spiro atoms. The summed E-state index contributed by atoms with van der Waals surface area (Å²) in [7, 11) is 0. The highest BCUT2D eigenvalue weighted by Gasteiger charge is 2.36. The smallest absolute Gasteiger partial charge is 0.0136 e. The molecule has 0 amide bonds. The number of nitrogens with zero attached hydrogens (tertiary/aromatic N) is 1. The first kappa shape index (κ1) is 13.4. The summed E-state index contributed by atoms with van der Waals surface area (Å²) in [5.74, 6) is 2.81. The first-order chi connectivity index (χ1) is 8.22. The van der Waals surface area contributed by atoms with Gasteiger partial charge in [0, 0.05) is 6.04 Å². The highest BCUT2D eigenvalue weighted by molar-refractivity contribution is 4.91. The lowest BCUT2D eigenvalue weighted by molar-refractivity contribution is 0.0283. The van der Waals surface area contributed by atoms with Gasteiger partial charge in [0.25, 0.3) is 0 Å². The molecule has 1 aliphatic heterocycles. The SMILES string of the molecule is CCNCC1CCC1N1CCC(C(C)C)CC1. The second kappa shape index (κ2) is 6.19. The topological polar surface area (TPSA) is 15.3 Å². The summed E-state index contributed by atoms with van der Waals surface area (Å²) in [6, 6.07) is 0.905. The Morgan fingerprint density at radius 3 is 2.29 bits per heavy atom. The lowest BCUT2D eigenvalue weighted by atomic mass is 9.76. The van der Waals surface area contributed by atoms with Crippen molar-refractivity contribution >= 4 is 0 Å². The number of hydrogen-bond donors (Lipinski definition) is 1. The van der Waals surface area contributed by atoms with E-state index in [1.165, 1.54) is 45.3 Å². The third-order valence-electron chi connectivity index (χ3n) is 5.02. The lowest BCUT2D eigenvalue weighted by Crippen LogP contribution is -2.53. The van der Waals surface area contributed by atoms with Crippen molar-refractivity contribution in [1.29, 1.82) is 0 Å². The van der Waals surface area contributed by atoms with Crippen LogP contribution in [0.25, 0.3) is 0 Å². The minimum atomic E-state index is 0.885. The summed E-state index contributed by atoms with van der Waals surface area (Å²) < 4.78 is 0. The van der Waals surface area contributed by atoms with Crippen LogP contribution < -0.4 is 5.32 Å². The van der Waals surface area contributed by atoms with Crippen LogP contribution in [0.5, 0.6) is 0 Å². The van der Waals surface area contributed by atoms with Crippen molar-refractivity contribution in [1.82, 2.24) is 10.2 Å². The van der Waals surface area contributed by atoms with Gasteiger partial charge in [-0.25, -0.2) is 0 Å². The molecule has 2 heteroatoms. The molecular weight excluding hydrogens is 208 g/mol. The molecule has 17 heavy (non-hydrogen) atoms. The van der Waals surface area contributed by atoms with E-state index in [4.69, 9.17) is 0 Å². The molecular formula is C15H30N2. The average molecular weight is 238 g/mol. The lowest BCUT2D eigenvalue weighted by Gasteiger charge is -2.47. The molecule has 2 rings (SSSR count). The summed E-state index contributed by atoms with van der Waals surface area (Å²) in [5, 5.41) is 3.52. The minimum Gasteiger partial charge on any atom is -0.317 e. The maximum atomic E-state index is 3.52. The highest BCUT2D eigenvalue weighted by atomic mass is 15.2. The minimum absolute atomic E-state index is 0.885. The zero-order valence-electron chi connectivity index (χ0n) is 11.9. The Balaban J connectivity index is 1.73. The van der Waals surface area contributed by atoms with E-state index in [1.807, 2.05) is 0 Å². The summed E-state index contributed by atoms with van der Waals surface area (Å²) in [6.07, 6.45) is 5.76. The summed E-state index contributed by atoms with van der Waals surface area (Å²) in [4.78, 5) is 2.78. The van der Waals surface area contributed by atoms with Gasteiger partial charge >= 0.3 is 0 Å². The van der Waals surface area contributed by atoms with Gasteiger partial charge < -0.3 is 10.2 Å². The van der Waals surface area contributed by atoms with Crippen molar-refractivity contribution in [3.05, 3.63) is 0 Å². The number of piperidine rings is 1. The molecule has 1 N–H and O–H groups in total. The Bertz CT molecular complexity index is 219. The molecule has 0 radical (unpaired) electrons. The zero-order valence-corrected chi connectivity index (χ0v) is 11.9. The molecule has 2 atom stereocenters. The third kappa shape index (κ3) is 3.23. The molecule has 2 aliphatic rings. The van der Waals surface area contributed by atoms with Crippen LogP contribution in [-0.2, 0) is 0 Å². The molecule has 1 aliphatic carbocycles. The van der Waals surface area contributed by atoms with Crippen LogP contribution in [-0.4, -0.2) is 37.1 Å². The number of rotatable bonds is 5.